The minimum atomic E-state index is -3.49. The van der Waals surface area contributed by atoms with Crippen LogP contribution in [0.5, 0.6) is 0 Å². The Morgan fingerprint density at radius 2 is 2.00 bits per heavy atom. The fourth-order valence-electron chi connectivity index (χ4n) is 2.74. The summed E-state index contributed by atoms with van der Waals surface area (Å²) in [5.41, 5.74) is 1.47. The van der Waals surface area contributed by atoms with Crippen molar-refractivity contribution >= 4 is 27.0 Å². The van der Waals surface area contributed by atoms with Crippen molar-refractivity contribution in [3.8, 4) is 0 Å². The van der Waals surface area contributed by atoms with Crippen molar-refractivity contribution < 1.29 is 13.2 Å². The zero-order valence-corrected chi connectivity index (χ0v) is 16.8. The van der Waals surface area contributed by atoms with Gasteiger partial charge in [-0.1, -0.05) is 19.8 Å². The summed E-state index contributed by atoms with van der Waals surface area (Å²) in [7, 11) is 1.39. The van der Waals surface area contributed by atoms with E-state index < -0.39 is 10.0 Å². The predicted octanol–water partition coefficient (Wildman–Crippen LogP) is 2.06. The highest BCUT2D eigenvalue weighted by Crippen LogP contribution is 2.21. The van der Waals surface area contributed by atoms with Crippen LogP contribution in [-0.2, 0) is 28.3 Å². The minimum Gasteiger partial charge on any atom is -0.356 e. The number of unbranched alkanes of at least 4 members (excludes halogenated alkanes) is 2. The lowest BCUT2D eigenvalue weighted by atomic mass is 10.2. The number of aryl methyl sites for hydroxylation is 2. The summed E-state index contributed by atoms with van der Waals surface area (Å²) < 4.78 is 27.6. The second kappa shape index (κ2) is 8.64. The molecule has 7 nitrogen and oxygen atoms in total. The first-order valence-corrected chi connectivity index (χ1v) is 10.4. The van der Waals surface area contributed by atoms with Crippen molar-refractivity contribution in [2.45, 2.75) is 43.9 Å². The van der Waals surface area contributed by atoms with Gasteiger partial charge in [0, 0.05) is 40.5 Å². The topological polar surface area (TPSA) is 84.3 Å². The van der Waals surface area contributed by atoms with Gasteiger partial charge in [0.1, 0.15) is 5.82 Å². The van der Waals surface area contributed by atoms with Gasteiger partial charge in [0.2, 0.25) is 15.9 Å². The molecule has 0 unspecified atom stereocenters. The number of aromatic nitrogens is 2. The van der Waals surface area contributed by atoms with Gasteiger partial charge in [0.15, 0.2) is 0 Å². The van der Waals surface area contributed by atoms with Crippen LogP contribution in [0.3, 0.4) is 0 Å². The number of nitrogens with one attached hydrogen (secondary N) is 1. The number of sulfonamides is 1. The van der Waals surface area contributed by atoms with Crippen LogP contribution in [0.25, 0.3) is 11.0 Å². The molecule has 0 aliphatic rings. The number of hydrogen-bond donors (Lipinski definition) is 1. The van der Waals surface area contributed by atoms with Gasteiger partial charge in [-0.25, -0.2) is 17.7 Å². The molecule has 0 fully saturated rings. The molecule has 1 N–H and O–H groups in total. The van der Waals surface area contributed by atoms with Crippen molar-refractivity contribution in [1.29, 1.82) is 0 Å². The molecule has 8 heteroatoms. The molecule has 1 aromatic carbocycles. The highest BCUT2D eigenvalue weighted by Gasteiger charge is 2.19. The number of nitrogens with zero attached hydrogens (tertiary/aromatic N) is 3. The second-order valence-electron chi connectivity index (χ2n) is 6.58. The van der Waals surface area contributed by atoms with Crippen molar-refractivity contribution in [2.24, 2.45) is 7.05 Å². The van der Waals surface area contributed by atoms with Crippen molar-refractivity contribution in [1.82, 2.24) is 19.2 Å². The monoisotopic (exact) mass is 380 g/mol. The molecule has 0 atom stereocenters. The van der Waals surface area contributed by atoms with Crippen LogP contribution >= 0.6 is 0 Å². The molecule has 0 aliphatic carbocycles. The quantitative estimate of drug-likeness (QED) is 0.675. The van der Waals surface area contributed by atoms with Crippen molar-refractivity contribution in [2.75, 3.05) is 20.6 Å². The van der Waals surface area contributed by atoms with E-state index in [0.717, 1.165) is 30.6 Å². The Labute approximate surface area is 155 Å². The molecule has 144 valence electrons. The van der Waals surface area contributed by atoms with Gasteiger partial charge in [0.25, 0.3) is 0 Å². The molecule has 1 amide bonds. The van der Waals surface area contributed by atoms with Crippen molar-refractivity contribution in [3.05, 3.63) is 24.0 Å². The normalized spacial score (nSPS) is 12.0. The summed E-state index contributed by atoms with van der Waals surface area (Å²) in [5.74, 6) is 0.784. The van der Waals surface area contributed by atoms with Gasteiger partial charge < -0.3 is 9.88 Å². The third-order valence-corrected chi connectivity index (χ3v) is 6.21. The smallest absolute Gasteiger partial charge is 0.242 e. The molecule has 2 rings (SSSR count). The Kier molecular flexibility index (Phi) is 6.77. The van der Waals surface area contributed by atoms with Crippen LogP contribution in [0, 0.1) is 0 Å². The average molecular weight is 381 g/mol. The molecule has 1 aromatic heterocycles. The largest absolute Gasteiger partial charge is 0.356 e. The molecular weight excluding hydrogens is 352 g/mol. The molecule has 0 saturated heterocycles. The van der Waals surface area contributed by atoms with E-state index in [4.69, 9.17) is 0 Å². The summed E-state index contributed by atoms with van der Waals surface area (Å²) in [6.45, 7) is 2.84. The van der Waals surface area contributed by atoms with E-state index in [1.165, 1.54) is 18.4 Å². The molecule has 0 radical (unpaired) electrons. The Balaban J connectivity index is 2.10. The Morgan fingerprint density at radius 3 is 2.65 bits per heavy atom. The molecule has 1 heterocycles. The summed E-state index contributed by atoms with van der Waals surface area (Å²) >= 11 is 0. The molecule has 0 aliphatic heterocycles. The maximum Gasteiger partial charge on any atom is 0.242 e. The predicted molar refractivity (Wildman–Crippen MR) is 102 cm³/mol. The average Bonchev–Trinajstić information content (AvgIpc) is 2.92. The maximum atomic E-state index is 12.3. The molecule has 0 saturated carbocycles. The Hall–Kier alpha value is -1.93. The first-order valence-electron chi connectivity index (χ1n) is 8.92. The molecule has 0 spiro atoms. The summed E-state index contributed by atoms with van der Waals surface area (Å²) in [4.78, 5) is 16.7. The third-order valence-electron chi connectivity index (χ3n) is 4.40. The standard InChI is InChI=1S/C18H28N4O3S/c1-5-6-7-12-19-18(23)11-10-17-20-15-13-14(26(24,25)21(2)3)8-9-16(15)22(17)4/h8-9,13H,5-7,10-12H2,1-4H3,(H,19,23). The van der Waals surface area contributed by atoms with E-state index in [2.05, 4.69) is 17.2 Å². The van der Waals surface area contributed by atoms with Gasteiger partial charge in [-0.3, -0.25) is 4.79 Å². The summed E-state index contributed by atoms with van der Waals surface area (Å²) in [6, 6.07) is 4.93. The van der Waals surface area contributed by atoms with Gasteiger partial charge in [0.05, 0.1) is 15.9 Å². The number of benzene rings is 1. The number of rotatable bonds is 9. The van der Waals surface area contributed by atoms with Crippen molar-refractivity contribution in [3.63, 3.8) is 0 Å². The highest BCUT2D eigenvalue weighted by molar-refractivity contribution is 7.89. The Bertz CT molecular complexity index is 872. The first kappa shape index (κ1) is 20.4. The lowest BCUT2D eigenvalue weighted by Crippen LogP contribution is -2.24. The third kappa shape index (κ3) is 4.62. The van der Waals surface area contributed by atoms with Crippen LogP contribution in [0.4, 0.5) is 0 Å². The minimum absolute atomic E-state index is 0.0176. The van der Waals surface area contributed by atoms with Gasteiger partial charge >= 0.3 is 0 Å². The van der Waals surface area contributed by atoms with Crippen LogP contribution in [0.2, 0.25) is 0 Å². The summed E-state index contributed by atoms with van der Waals surface area (Å²) in [5, 5.41) is 2.92. The van der Waals surface area contributed by atoms with E-state index in [1.807, 2.05) is 11.6 Å². The van der Waals surface area contributed by atoms with Crippen LogP contribution in [0.15, 0.2) is 23.1 Å². The van der Waals surface area contributed by atoms with E-state index in [0.29, 0.717) is 24.9 Å². The number of amides is 1. The molecular formula is C18H28N4O3S. The number of imidazole rings is 1. The molecule has 0 bridgehead atoms. The number of carbonyl (C=O) groups excluding carboxylic acids is 1. The van der Waals surface area contributed by atoms with E-state index in [1.54, 1.807) is 18.2 Å². The fraction of sp³-hybridized carbons (Fsp3) is 0.556. The van der Waals surface area contributed by atoms with Crippen LogP contribution < -0.4 is 5.32 Å². The fourth-order valence-corrected chi connectivity index (χ4v) is 3.66. The zero-order chi connectivity index (χ0) is 19.3. The van der Waals surface area contributed by atoms with E-state index in [-0.39, 0.29) is 10.8 Å². The lowest BCUT2D eigenvalue weighted by molar-refractivity contribution is -0.121. The molecule has 26 heavy (non-hydrogen) atoms. The summed E-state index contributed by atoms with van der Waals surface area (Å²) in [6.07, 6.45) is 4.12. The maximum absolute atomic E-state index is 12.3. The zero-order valence-electron chi connectivity index (χ0n) is 15.9. The lowest BCUT2D eigenvalue weighted by Gasteiger charge is -2.10. The van der Waals surface area contributed by atoms with Crippen LogP contribution in [0.1, 0.15) is 38.4 Å². The van der Waals surface area contributed by atoms with Gasteiger partial charge in [-0.2, -0.15) is 0 Å². The number of fused-ring (bicyclic) bond motifs is 1. The number of hydrogen-bond acceptors (Lipinski definition) is 4. The van der Waals surface area contributed by atoms with E-state index >= 15 is 0 Å². The highest BCUT2D eigenvalue weighted by atomic mass is 32.2. The Morgan fingerprint density at radius 1 is 1.27 bits per heavy atom. The van der Waals surface area contributed by atoms with E-state index in [9.17, 15) is 13.2 Å². The van der Waals surface area contributed by atoms with Gasteiger partial charge in [-0.05, 0) is 24.6 Å². The van der Waals surface area contributed by atoms with Crippen LogP contribution in [-0.4, -0.2) is 48.8 Å². The SMILES string of the molecule is CCCCCNC(=O)CCc1nc2cc(S(=O)(=O)N(C)C)ccc2n1C. The first-order chi connectivity index (χ1) is 12.3. The molecule has 2 aromatic rings. The number of carbonyl (C=O) groups is 1. The van der Waals surface area contributed by atoms with Gasteiger partial charge in [-0.15, -0.1) is 0 Å². The second-order valence-corrected chi connectivity index (χ2v) is 8.73.